The standard InChI is InChI=1S/C12H9ClN2O4/c13-9-3-1-2-8(6-9)7-14-12(16)10-4-5-11(19-10)15(17)18/h1-6H,7H2,(H,14,16). The monoisotopic (exact) mass is 280 g/mol. The van der Waals surface area contributed by atoms with Gasteiger partial charge in [0, 0.05) is 11.6 Å². The lowest BCUT2D eigenvalue weighted by Crippen LogP contribution is -2.22. The highest BCUT2D eigenvalue weighted by Crippen LogP contribution is 2.15. The van der Waals surface area contributed by atoms with E-state index in [0.29, 0.717) is 5.02 Å². The molecule has 6 nitrogen and oxygen atoms in total. The molecule has 19 heavy (non-hydrogen) atoms. The van der Waals surface area contributed by atoms with Gasteiger partial charge >= 0.3 is 5.88 Å². The second-order valence-electron chi connectivity index (χ2n) is 3.71. The maximum atomic E-state index is 11.7. The van der Waals surface area contributed by atoms with E-state index in [1.807, 2.05) is 0 Å². The number of hydrogen-bond donors (Lipinski definition) is 1. The molecular formula is C12H9ClN2O4. The van der Waals surface area contributed by atoms with Crippen LogP contribution in [0.5, 0.6) is 0 Å². The lowest BCUT2D eigenvalue weighted by Gasteiger charge is -2.03. The molecule has 98 valence electrons. The fourth-order valence-corrected chi connectivity index (χ4v) is 1.68. The van der Waals surface area contributed by atoms with Crippen molar-refractivity contribution in [1.82, 2.24) is 5.32 Å². The van der Waals surface area contributed by atoms with Crippen molar-refractivity contribution in [3.63, 3.8) is 0 Å². The first kappa shape index (κ1) is 13.1. The van der Waals surface area contributed by atoms with Crippen LogP contribution in [0.3, 0.4) is 0 Å². The van der Waals surface area contributed by atoms with E-state index in [0.717, 1.165) is 11.6 Å². The first-order valence-electron chi connectivity index (χ1n) is 5.33. The molecule has 0 fully saturated rings. The van der Waals surface area contributed by atoms with Crippen LogP contribution in [0.15, 0.2) is 40.8 Å². The highest BCUT2D eigenvalue weighted by molar-refractivity contribution is 6.30. The number of carbonyl (C=O) groups excluding carboxylic acids is 1. The summed E-state index contributed by atoms with van der Waals surface area (Å²) in [6, 6.07) is 9.40. The minimum absolute atomic E-state index is 0.103. The Hall–Kier alpha value is -2.34. The molecule has 1 aromatic heterocycles. The van der Waals surface area contributed by atoms with Gasteiger partial charge in [-0.15, -0.1) is 0 Å². The Labute approximate surface area is 113 Å². The number of carbonyl (C=O) groups is 1. The van der Waals surface area contributed by atoms with Crippen LogP contribution >= 0.6 is 11.6 Å². The van der Waals surface area contributed by atoms with E-state index >= 15 is 0 Å². The van der Waals surface area contributed by atoms with Gasteiger partial charge in [-0.2, -0.15) is 0 Å². The van der Waals surface area contributed by atoms with E-state index in [4.69, 9.17) is 16.0 Å². The van der Waals surface area contributed by atoms with Crippen molar-refractivity contribution in [3.8, 4) is 0 Å². The molecule has 0 spiro atoms. The first-order valence-corrected chi connectivity index (χ1v) is 5.71. The van der Waals surface area contributed by atoms with Crippen molar-refractivity contribution in [3.05, 3.63) is 62.9 Å². The van der Waals surface area contributed by atoms with Gasteiger partial charge in [-0.25, -0.2) is 0 Å². The van der Waals surface area contributed by atoms with Gasteiger partial charge in [0.2, 0.25) is 0 Å². The Morgan fingerprint density at radius 1 is 1.37 bits per heavy atom. The average molecular weight is 281 g/mol. The van der Waals surface area contributed by atoms with Gasteiger partial charge in [-0.05, 0) is 23.8 Å². The molecule has 1 heterocycles. The van der Waals surface area contributed by atoms with Crippen molar-refractivity contribution >= 4 is 23.4 Å². The number of amides is 1. The fraction of sp³-hybridized carbons (Fsp3) is 0.0833. The lowest BCUT2D eigenvalue weighted by molar-refractivity contribution is -0.402. The van der Waals surface area contributed by atoms with E-state index in [1.165, 1.54) is 6.07 Å². The molecule has 0 saturated heterocycles. The Bertz CT molecular complexity index is 624. The molecule has 1 amide bonds. The second kappa shape index (κ2) is 5.53. The minimum atomic E-state index is -0.701. The third kappa shape index (κ3) is 3.32. The van der Waals surface area contributed by atoms with Crippen LogP contribution in [0, 0.1) is 10.1 Å². The zero-order valence-corrected chi connectivity index (χ0v) is 10.4. The molecule has 0 saturated carbocycles. The summed E-state index contributed by atoms with van der Waals surface area (Å²) >= 11 is 5.81. The van der Waals surface area contributed by atoms with Crippen molar-refractivity contribution in [2.75, 3.05) is 0 Å². The van der Waals surface area contributed by atoms with Gasteiger partial charge in [0.25, 0.3) is 5.91 Å². The molecule has 1 aromatic carbocycles. The number of rotatable bonds is 4. The summed E-state index contributed by atoms with van der Waals surface area (Å²) < 4.78 is 4.78. The maximum Gasteiger partial charge on any atom is 0.433 e. The molecule has 2 rings (SSSR count). The normalized spacial score (nSPS) is 10.2. The Kier molecular flexibility index (Phi) is 3.82. The third-order valence-corrected chi connectivity index (χ3v) is 2.57. The van der Waals surface area contributed by atoms with E-state index in [9.17, 15) is 14.9 Å². The van der Waals surface area contributed by atoms with E-state index < -0.39 is 16.7 Å². The van der Waals surface area contributed by atoms with Crippen molar-refractivity contribution < 1.29 is 14.1 Å². The highest BCUT2D eigenvalue weighted by Gasteiger charge is 2.16. The summed E-state index contributed by atoms with van der Waals surface area (Å²) in [4.78, 5) is 21.4. The molecule has 7 heteroatoms. The number of nitro groups is 1. The lowest BCUT2D eigenvalue weighted by atomic mass is 10.2. The van der Waals surface area contributed by atoms with E-state index in [2.05, 4.69) is 5.32 Å². The molecule has 0 aliphatic rings. The Morgan fingerprint density at radius 3 is 2.79 bits per heavy atom. The molecule has 0 unspecified atom stereocenters. The van der Waals surface area contributed by atoms with Crippen LogP contribution in [-0.2, 0) is 6.54 Å². The van der Waals surface area contributed by atoms with Gasteiger partial charge in [0.05, 0.1) is 6.07 Å². The zero-order chi connectivity index (χ0) is 13.8. The predicted molar refractivity (Wildman–Crippen MR) is 68.0 cm³/mol. The molecule has 2 aromatic rings. The number of nitrogens with zero attached hydrogens (tertiary/aromatic N) is 1. The van der Waals surface area contributed by atoms with Crippen molar-refractivity contribution in [1.29, 1.82) is 0 Å². The average Bonchev–Trinajstić information content (AvgIpc) is 2.86. The largest absolute Gasteiger partial charge is 0.433 e. The fourth-order valence-electron chi connectivity index (χ4n) is 1.46. The van der Waals surface area contributed by atoms with Gasteiger partial charge in [-0.3, -0.25) is 14.9 Å². The molecule has 0 atom stereocenters. The molecule has 0 bridgehead atoms. The minimum Gasteiger partial charge on any atom is -0.395 e. The number of furan rings is 1. The van der Waals surface area contributed by atoms with Crippen molar-refractivity contribution in [2.45, 2.75) is 6.54 Å². The molecule has 0 radical (unpaired) electrons. The van der Waals surface area contributed by atoms with Crippen LogP contribution in [0.4, 0.5) is 5.88 Å². The SMILES string of the molecule is O=C(NCc1cccc(Cl)c1)c1ccc([N+](=O)[O-])o1. The van der Waals surface area contributed by atoms with Crippen LogP contribution in [-0.4, -0.2) is 10.8 Å². The highest BCUT2D eigenvalue weighted by atomic mass is 35.5. The predicted octanol–water partition coefficient (Wildman–Crippen LogP) is 2.77. The quantitative estimate of drug-likeness (QED) is 0.689. The van der Waals surface area contributed by atoms with Gasteiger partial charge in [0.15, 0.2) is 5.76 Å². The first-order chi connectivity index (χ1) is 9.06. The van der Waals surface area contributed by atoms with Gasteiger partial charge in [0.1, 0.15) is 4.92 Å². The summed E-state index contributed by atoms with van der Waals surface area (Å²) in [6.07, 6.45) is 0. The summed E-state index contributed by atoms with van der Waals surface area (Å²) in [5.74, 6) is -1.09. The summed E-state index contributed by atoms with van der Waals surface area (Å²) in [7, 11) is 0. The van der Waals surface area contributed by atoms with Crippen molar-refractivity contribution in [2.24, 2.45) is 0 Å². The summed E-state index contributed by atoms with van der Waals surface area (Å²) in [5.41, 5.74) is 0.821. The third-order valence-electron chi connectivity index (χ3n) is 2.34. The van der Waals surface area contributed by atoms with Gasteiger partial charge < -0.3 is 9.73 Å². The second-order valence-corrected chi connectivity index (χ2v) is 4.14. The number of hydrogen-bond acceptors (Lipinski definition) is 4. The maximum absolute atomic E-state index is 11.7. The molecule has 0 aliphatic heterocycles. The zero-order valence-electron chi connectivity index (χ0n) is 9.63. The van der Waals surface area contributed by atoms with Crippen LogP contribution in [0.25, 0.3) is 0 Å². The summed E-state index contributed by atoms with van der Waals surface area (Å²) in [6.45, 7) is 0.258. The topological polar surface area (TPSA) is 85.4 Å². The van der Waals surface area contributed by atoms with Crippen LogP contribution in [0.2, 0.25) is 5.02 Å². The Morgan fingerprint density at radius 2 is 2.16 bits per heavy atom. The van der Waals surface area contributed by atoms with E-state index in [-0.39, 0.29) is 12.3 Å². The smallest absolute Gasteiger partial charge is 0.395 e. The van der Waals surface area contributed by atoms with E-state index in [1.54, 1.807) is 24.3 Å². The molecule has 0 aliphatic carbocycles. The number of nitrogens with one attached hydrogen (secondary N) is 1. The number of halogens is 1. The van der Waals surface area contributed by atoms with Crippen LogP contribution < -0.4 is 5.32 Å². The summed E-state index contributed by atoms with van der Waals surface area (Å²) in [5, 5.41) is 13.6. The Balaban J connectivity index is 1.99. The number of benzene rings is 1. The van der Waals surface area contributed by atoms with Crippen LogP contribution in [0.1, 0.15) is 16.1 Å². The molecule has 1 N–H and O–H groups in total. The van der Waals surface area contributed by atoms with Gasteiger partial charge in [-0.1, -0.05) is 23.7 Å². The molecular weight excluding hydrogens is 272 g/mol.